The smallest absolute Gasteiger partial charge is 0.0622 e. The molecule has 210 valence electrons. The van der Waals surface area contributed by atoms with E-state index < -0.39 is 0 Å². The van der Waals surface area contributed by atoms with Crippen LogP contribution in [-0.4, -0.2) is 77.3 Å². The minimum atomic E-state index is 0. The van der Waals surface area contributed by atoms with Crippen molar-refractivity contribution in [2.45, 2.75) is 129 Å². The van der Waals surface area contributed by atoms with E-state index in [0.29, 0.717) is 19.6 Å². The molecule has 0 saturated carbocycles. The summed E-state index contributed by atoms with van der Waals surface area (Å²) in [6.45, 7) is 7.55. The van der Waals surface area contributed by atoms with Gasteiger partial charge in [0.25, 0.3) is 0 Å². The number of aliphatic hydroxyl groups is 3. The van der Waals surface area contributed by atoms with E-state index in [1.807, 2.05) is 0 Å². The van der Waals surface area contributed by atoms with Crippen LogP contribution < -0.4 is 0 Å². The number of rotatable bonds is 26. The summed E-state index contributed by atoms with van der Waals surface area (Å²) in [5.74, 6) is 0. The van der Waals surface area contributed by atoms with Crippen molar-refractivity contribution >= 4 is 0 Å². The predicted molar refractivity (Wildman–Crippen MR) is 143 cm³/mol. The number of aliphatic hydroxyl groups excluding tert-OH is 3. The Kier molecular flexibility index (Phi) is 34.5. The molecular weight excluding hydrogens is 438 g/mol. The maximum absolute atomic E-state index is 9.50. The highest BCUT2D eigenvalue weighted by Crippen LogP contribution is 2.15. The van der Waals surface area contributed by atoms with Gasteiger partial charge in [-0.3, -0.25) is 19.2 Å². The molecular formula is C27H60F2N2O3. The maximum Gasteiger partial charge on any atom is 0.0622 e. The van der Waals surface area contributed by atoms with Gasteiger partial charge < -0.3 is 15.3 Å². The van der Waals surface area contributed by atoms with Crippen molar-refractivity contribution in [3.63, 3.8) is 0 Å². The van der Waals surface area contributed by atoms with Crippen LogP contribution in [0.15, 0.2) is 0 Å². The van der Waals surface area contributed by atoms with Gasteiger partial charge in [0.15, 0.2) is 0 Å². The van der Waals surface area contributed by atoms with E-state index in [1.54, 1.807) is 0 Å². The highest BCUT2D eigenvalue weighted by Gasteiger charge is 2.22. The summed E-state index contributed by atoms with van der Waals surface area (Å²) in [4.78, 5) is 4.47. The number of nitrogens with zero attached hydrogens (tertiary/aromatic N) is 2. The van der Waals surface area contributed by atoms with Gasteiger partial charge in [0.05, 0.1) is 26.0 Å². The van der Waals surface area contributed by atoms with Gasteiger partial charge in [-0.25, -0.2) is 0 Å². The van der Waals surface area contributed by atoms with Crippen LogP contribution in [0.2, 0.25) is 0 Å². The summed E-state index contributed by atoms with van der Waals surface area (Å²) in [6, 6.07) is 0. The second-order valence-electron chi connectivity index (χ2n) is 9.43. The van der Waals surface area contributed by atoms with Crippen LogP contribution in [0, 0.1) is 0 Å². The molecule has 0 aromatic rings. The second-order valence-corrected chi connectivity index (χ2v) is 9.43. The molecule has 7 heteroatoms. The fourth-order valence-corrected chi connectivity index (χ4v) is 4.82. The first-order valence-corrected chi connectivity index (χ1v) is 14.1. The van der Waals surface area contributed by atoms with Crippen LogP contribution in [0.1, 0.15) is 123 Å². The van der Waals surface area contributed by atoms with Crippen LogP contribution in [0.25, 0.3) is 0 Å². The molecule has 0 aromatic carbocycles. The molecule has 0 aliphatic carbocycles. The Morgan fingerprint density at radius 2 is 0.735 bits per heavy atom. The third-order valence-electron chi connectivity index (χ3n) is 6.67. The predicted octanol–water partition coefficient (Wildman–Crippen LogP) is 5.87. The Hall–Kier alpha value is -0.340. The largest absolute Gasteiger partial charge is 0.395 e. The number of unbranched alkanes of at least 4 members (excludes halogenated alkanes) is 15. The number of hydrogen-bond acceptors (Lipinski definition) is 5. The Balaban J connectivity index is -0.00000480. The molecule has 0 aromatic heterocycles. The summed E-state index contributed by atoms with van der Waals surface area (Å²) < 4.78 is 0. The van der Waals surface area contributed by atoms with Gasteiger partial charge in [-0.15, -0.1) is 0 Å². The number of hydrogen-bond donors (Lipinski definition) is 3. The van der Waals surface area contributed by atoms with Crippen molar-refractivity contribution in [2.24, 2.45) is 0 Å². The first kappa shape index (κ1) is 38.2. The molecule has 0 fully saturated rings. The molecule has 0 amide bonds. The quantitative estimate of drug-likeness (QED) is 0.103. The van der Waals surface area contributed by atoms with Gasteiger partial charge in [0.1, 0.15) is 0 Å². The minimum Gasteiger partial charge on any atom is -0.395 e. The lowest BCUT2D eigenvalue weighted by Gasteiger charge is -2.39. The van der Waals surface area contributed by atoms with Gasteiger partial charge in [-0.1, -0.05) is 110 Å². The zero-order valence-corrected chi connectivity index (χ0v) is 22.6. The molecule has 0 heterocycles. The van der Waals surface area contributed by atoms with Gasteiger partial charge in [0, 0.05) is 19.6 Å². The Bertz CT molecular complexity index is 363. The summed E-state index contributed by atoms with van der Waals surface area (Å²) >= 11 is 0. The van der Waals surface area contributed by atoms with E-state index in [1.165, 1.54) is 96.3 Å². The summed E-state index contributed by atoms with van der Waals surface area (Å²) in [5.41, 5.74) is 0. The van der Waals surface area contributed by atoms with E-state index in [0.717, 1.165) is 19.4 Å². The van der Waals surface area contributed by atoms with Crippen molar-refractivity contribution in [1.82, 2.24) is 9.80 Å². The fourth-order valence-electron chi connectivity index (χ4n) is 4.82. The third kappa shape index (κ3) is 22.1. The highest BCUT2D eigenvalue weighted by atomic mass is 19.0. The average molecular weight is 499 g/mol. The zero-order valence-electron chi connectivity index (χ0n) is 22.6. The van der Waals surface area contributed by atoms with Gasteiger partial charge in [0.2, 0.25) is 0 Å². The first-order chi connectivity index (χ1) is 15.7. The molecule has 0 bridgehead atoms. The molecule has 0 saturated heterocycles. The van der Waals surface area contributed by atoms with E-state index >= 15 is 0 Å². The SMILES string of the molecule is CCCCCCCCCCCCCCCCCCN(CCO)C(CC)N(CCO)CCO.F.F. The van der Waals surface area contributed by atoms with E-state index in [-0.39, 0.29) is 35.4 Å². The monoisotopic (exact) mass is 498 g/mol. The van der Waals surface area contributed by atoms with Crippen molar-refractivity contribution in [3.05, 3.63) is 0 Å². The molecule has 3 N–H and O–H groups in total. The normalized spacial score (nSPS) is 12.1. The molecule has 1 unspecified atom stereocenters. The van der Waals surface area contributed by atoms with Crippen molar-refractivity contribution in [3.8, 4) is 0 Å². The summed E-state index contributed by atoms with van der Waals surface area (Å²) in [5, 5.41) is 28.2. The van der Waals surface area contributed by atoms with Crippen LogP contribution in [0.3, 0.4) is 0 Å². The Morgan fingerprint density at radius 1 is 0.441 bits per heavy atom. The summed E-state index contributed by atoms with van der Waals surface area (Å²) in [7, 11) is 0. The van der Waals surface area contributed by atoms with E-state index in [9.17, 15) is 15.3 Å². The van der Waals surface area contributed by atoms with Crippen LogP contribution in [0.5, 0.6) is 0 Å². The van der Waals surface area contributed by atoms with Crippen molar-refractivity contribution in [2.75, 3.05) is 46.0 Å². The average Bonchev–Trinajstić information content (AvgIpc) is 2.79. The first-order valence-electron chi connectivity index (χ1n) is 14.1. The second kappa shape index (κ2) is 30.7. The fraction of sp³-hybridized carbons (Fsp3) is 1.00. The molecule has 34 heavy (non-hydrogen) atoms. The van der Waals surface area contributed by atoms with Gasteiger partial charge in [-0.05, 0) is 19.4 Å². The van der Waals surface area contributed by atoms with Crippen LogP contribution >= 0.6 is 0 Å². The van der Waals surface area contributed by atoms with Crippen LogP contribution in [0.4, 0.5) is 9.41 Å². The lowest BCUT2D eigenvalue weighted by Crippen LogP contribution is -2.51. The number of halogens is 2. The molecule has 0 aliphatic rings. The molecule has 1 atom stereocenters. The van der Waals surface area contributed by atoms with Gasteiger partial charge >= 0.3 is 0 Å². The molecule has 0 rings (SSSR count). The standard InChI is InChI=1S/C27H58N2O3.2FH/c1-3-5-6-7-8-9-10-11-12-13-14-15-16-17-18-19-20-28(21-24-30)27(4-2)29(22-25-31)23-26-32;;/h27,30-32H,3-26H2,1-2H3;2*1H. The van der Waals surface area contributed by atoms with Crippen molar-refractivity contribution < 1.29 is 24.7 Å². The molecule has 0 aliphatic heterocycles. The Labute approximate surface area is 210 Å². The zero-order chi connectivity index (χ0) is 23.7. The van der Waals surface area contributed by atoms with Crippen molar-refractivity contribution in [1.29, 1.82) is 0 Å². The molecule has 5 nitrogen and oxygen atoms in total. The molecule has 0 radical (unpaired) electrons. The summed E-state index contributed by atoms with van der Waals surface area (Å²) in [6.07, 6.45) is 23.1. The Morgan fingerprint density at radius 3 is 1.03 bits per heavy atom. The topological polar surface area (TPSA) is 67.2 Å². The van der Waals surface area contributed by atoms with Gasteiger partial charge in [-0.2, -0.15) is 0 Å². The molecule has 0 spiro atoms. The lowest BCUT2D eigenvalue weighted by atomic mass is 10.0. The van der Waals surface area contributed by atoms with Crippen LogP contribution in [-0.2, 0) is 0 Å². The van der Waals surface area contributed by atoms with E-state index in [4.69, 9.17) is 0 Å². The third-order valence-corrected chi connectivity index (χ3v) is 6.67. The lowest BCUT2D eigenvalue weighted by molar-refractivity contribution is 0.00851. The maximum atomic E-state index is 9.50. The van der Waals surface area contributed by atoms with E-state index in [2.05, 4.69) is 23.6 Å². The highest BCUT2D eigenvalue weighted by molar-refractivity contribution is 4.73. The minimum absolute atomic E-state index is 0.